The Kier molecular flexibility index (Phi) is 7.15. The molecule has 3 aromatic rings. The Bertz CT molecular complexity index is 1090. The predicted octanol–water partition coefficient (Wildman–Crippen LogP) is 6.68. The van der Waals surface area contributed by atoms with Crippen molar-refractivity contribution >= 4 is 17.9 Å². The van der Waals surface area contributed by atoms with Crippen LogP contribution in [0.25, 0.3) is 11.1 Å². The van der Waals surface area contributed by atoms with Gasteiger partial charge in [0.1, 0.15) is 0 Å². The number of methoxy groups -OCH3 is 3. The summed E-state index contributed by atoms with van der Waals surface area (Å²) >= 11 is 0. The molecule has 3 aromatic carbocycles. The van der Waals surface area contributed by atoms with Crippen molar-refractivity contribution in [3.05, 3.63) is 66.7 Å². The molecule has 0 bridgehead atoms. The van der Waals surface area contributed by atoms with Crippen molar-refractivity contribution in [2.24, 2.45) is 0 Å². The second-order valence-corrected chi connectivity index (χ2v) is 16.1. The molecule has 0 unspecified atom stereocenters. The van der Waals surface area contributed by atoms with Crippen LogP contribution in [0.3, 0.4) is 0 Å². The van der Waals surface area contributed by atoms with E-state index in [0.29, 0.717) is 0 Å². The van der Waals surface area contributed by atoms with Crippen LogP contribution >= 0.6 is 7.26 Å². The van der Waals surface area contributed by atoms with E-state index in [0.717, 1.165) is 22.8 Å². The molecular formula is C29H39O3P. The molecule has 33 heavy (non-hydrogen) atoms. The quantitative estimate of drug-likeness (QED) is 0.380. The molecule has 0 spiro atoms. The topological polar surface area (TPSA) is 27.7 Å². The van der Waals surface area contributed by atoms with Gasteiger partial charge in [0.05, 0.1) is 0 Å². The minimum absolute atomic E-state index is 0.0118. The molecule has 0 amide bonds. The minimum atomic E-state index is -2.53. The summed E-state index contributed by atoms with van der Waals surface area (Å²) in [4.78, 5) is 0. The fourth-order valence-corrected chi connectivity index (χ4v) is 13.6. The van der Waals surface area contributed by atoms with Crippen LogP contribution in [0.4, 0.5) is 0 Å². The Morgan fingerprint density at radius 3 is 1.64 bits per heavy atom. The summed E-state index contributed by atoms with van der Waals surface area (Å²) in [7, 11) is 2.68. The molecule has 0 aromatic heterocycles. The summed E-state index contributed by atoms with van der Waals surface area (Å²) in [5, 5.41) is 2.67. The molecular weight excluding hydrogens is 427 g/mol. The maximum absolute atomic E-state index is 5.98. The number of rotatable bonds is 6. The van der Waals surface area contributed by atoms with Gasteiger partial charge in [-0.05, 0) is 0 Å². The summed E-state index contributed by atoms with van der Waals surface area (Å²) in [6, 6.07) is 23.4. The van der Waals surface area contributed by atoms with E-state index in [4.69, 9.17) is 14.2 Å². The van der Waals surface area contributed by atoms with Gasteiger partial charge >= 0.3 is 200 Å². The molecule has 3 nitrogen and oxygen atoms in total. The molecule has 0 saturated heterocycles. The van der Waals surface area contributed by atoms with Gasteiger partial charge < -0.3 is 0 Å². The van der Waals surface area contributed by atoms with E-state index in [1.165, 1.54) is 16.2 Å². The first kappa shape index (κ1) is 25.1. The maximum atomic E-state index is 5.98. The zero-order chi connectivity index (χ0) is 24.4. The van der Waals surface area contributed by atoms with Crippen molar-refractivity contribution in [1.82, 2.24) is 0 Å². The van der Waals surface area contributed by atoms with E-state index in [9.17, 15) is 0 Å². The summed E-state index contributed by atoms with van der Waals surface area (Å²) in [5.74, 6) is 2.62. The van der Waals surface area contributed by atoms with Crippen LogP contribution in [0.15, 0.2) is 66.7 Å². The second-order valence-electron chi connectivity index (χ2n) is 10.6. The monoisotopic (exact) mass is 466 g/mol. The fraction of sp³-hybridized carbons (Fsp3) is 0.379. The predicted molar refractivity (Wildman–Crippen MR) is 145 cm³/mol. The molecule has 0 atom stereocenters. The Morgan fingerprint density at radius 2 is 1.09 bits per heavy atom. The van der Waals surface area contributed by atoms with Gasteiger partial charge in [-0.1, -0.05) is 0 Å². The van der Waals surface area contributed by atoms with Crippen molar-refractivity contribution in [2.45, 2.75) is 51.9 Å². The van der Waals surface area contributed by atoms with Crippen molar-refractivity contribution in [1.29, 1.82) is 0 Å². The molecule has 0 aliphatic carbocycles. The Balaban J connectivity index is 2.53. The van der Waals surface area contributed by atoms with Gasteiger partial charge in [0.2, 0.25) is 0 Å². The van der Waals surface area contributed by atoms with Gasteiger partial charge in [0, 0.05) is 0 Å². The van der Waals surface area contributed by atoms with Gasteiger partial charge in [-0.15, -0.1) is 0 Å². The van der Waals surface area contributed by atoms with Gasteiger partial charge in [-0.25, -0.2) is 0 Å². The molecule has 0 aliphatic rings. The van der Waals surface area contributed by atoms with Crippen molar-refractivity contribution in [2.75, 3.05) is 21.3 Å². The van der Waals surface area contributed by atoms with Crippen LogP contribution < -0.4 is 24.8 Å². The first-order valence-electron chi connectivity index (χ1n) is 11.5. The molecule has 0 N–H and O–H groups in total. The molecule has 3 rings (SSSR count). The number of para-hydroxylation sites is 1. The SMILES string of the molecule is COc1ccc(OC)c(-c2ccccc2[PH](c2ccccc2OC)(C(C)(C)C)C(C)(C)C)c1. The normalized spacial score (nSPS) is 12.9. The van der Waals surface area contributed by atoms with Crippen LogP contribution in [0.2, 0.25) is 0 Å². The van der Waals surface area contributed by atoms with Crippen LogP contribution in [0.1, 0.15) is 41.5 Å². The van der Waals surface area contributed by atoms with E-state index in [1.54, 1.807) is 21.3 Å². The average molecular weight is 467 g/mol. The molecule has 0 heterocycles. The number of benzene rings is 3. The van der Waals surface area contributed by atoms with E-state index in [2.05, 4.69) is 96.1 Å². The van der Waals surface area contributed by atoms with E-state index in [-0.39, 0.29) is 10.3 Å². The van der Waals surface area contributed by atoms with Crippen LogP contribution in [-0.2, 0) is 0 Å². The molecule has 0 saturated carbocycles. The second kappa shape index (κ2) is 9.39. The summed E-state index contributed by atoms with van der Waals surface area (Å²) in [6.45, 7) is 14.3. The van der Waals surface area contributed by atoms with Gasteiger partial charge in [-0.3, -0.25) is 0 Å². The zero-order valence-corrected chi connectivity index (χ0v) is 22.6. The molecule has 0 aliphatic heterocycles. The van der Waals surface area contributed by atoms with Gasteiger partial charge in [-0.2, -0.15) is 0 Å². The summed E-state index contributed by atoms with van der Waals surface area (Å²) in [6.07, 6.45) is 0. The molecule has 178 valence electrons. The van der Waals surface area contributed by atoms with Crippen molar-refractivity contribution in [3.63, 3.8) is 0 Å². The van der Waals surface area contributed by atoms with Crippen LogP contribution in [0.5, 0.6) is 17.2 Å². The third kappa shape index (κ3) is 4.24. The number of hydrogen-bond donors (Lipinski definition) is 0. The summed E-state index contributed by atoms with van der Waals surface area (Å²) < 4.78 is 17.4. The Labute approximate surface area is 200 Å². The summed E-state index contributed by atoms with van der Waals surface area (Å²) in [5.41, 5.74) is 2.24. The third-order valence-electron chi connectivity index (χ3n) is 6.79. The van der Waals surface area contributed by atoms with Crippen LogP contribution in [0, 0.1) is 0 Å². The van der Waals surface area contributed by atoms with E-state index in [1.807, 2.05) is 12.1 Å². The zero-order valence-electron chi connectivity index (χ0n) is 21.6. The molecule has 4 heteroatoms. The first-order valence-corrected chi connectivity index (χ1v) is 13.5. The number of ether oxygens (including phenoxy) is 3. The van der Waals surface area contributed by atoms with Crippen molar-refractivity contribution in [3.8, 4) is 28.4 Å². The van der Waals surface area contributed by atoms with E-state index >= 15 is 0 Å². The number of hydrogen-bond acceptors (Lipinski definition) is 3. The van der Waals surface area contributed by atoms with Gasteiger partial charge in [0.25, 0.3) is 0 Å². The fourth-order valence-electron chi connectivity index (χ4n) is 5.91. The standard InChI is InChI=1S/C29H39O3P/c1-28(2,3)33(29(4,5)6,27-17-13-11-15-25(27)32-9)26-16-12-10-14-22(26)23-20-21(30-7)18-19-24(23)31-8/h10-20,33H,1-9H3. The van der Waals surface area contributed by atoms with Crippen molar-refractivity contribution < 1.29 is 14.2 Å². The Hall–Kier alpha value is -2.51. The molecule has 0 radical (unpaired) electrons. The van der Waals surface area contributed by atoms with Crippen LogP contribution in [-0.4, -0.2) is 31.6 Å². The van der Waals surface area contributed by atoms with Gasteiger partial charge in [0.15, 0.2) is 0 Å². The molecule has 0 fully saturated rings. The average Bonchev–Trinajstić information content (AvgIpc) is 2.78. The third-order valence-corrected chi connectivity index (χ3v) is 13.8. The first-order chi connectivity index (χ1) is 15.5. The Morgan fingerprint density at radius 1 is 0.545 bits per heavy atom. The van der Waals surface area contributed by atoms with E-state index < -0.39 is 7.26 Å².